The van der Waals surface area contributed by atoms with Crippen LogP contribution in [0.4, 0.5) is 4.79 Å². The monoisotopic (exact) mass is 338 g/mol. The SMILES string of the molecule is C[C@H](c1cccs1)N(C)C[C@H]1CCCCN1C(=O)OC(C)(C)C. The smallest absolute Gasteiger partial charge is 0.410 e. The summed E-state index contributed by atoms with van der Waals surface area (Å²) in [5.74, 6) is 0. The average molecular weight is 339 g/mol. The van der Waals surface area contributed by atoms with Gasteiger partial charge in [0.15, 0.2) is 0 Å². The highest BCUT2D eigenvalue weighted by Crippen LogP contribution is 2.26. The largest absolute Gasteiger partial charge is 0.444 e. The minimum absolute atomic E-state index is 0.167. The number of likely N-dealkylation sites (N-methyl/N-ethyl adjacent to an activating group) is 1. The van der Waals surface area contributed by atoms with Crippen molar-refractivity contribution in [1.82, 2.24) is 9.80 Å². The van der Waals surface area contributed by atoms with Gasteiger partial charge in [-0.3, -0.25) is 4.90 Å². The molecule has 5 heteroatoms. The summed E-state index contributed by atoms with van der Waals surface area (Å²) >= 11 is 1.79. The number of carbonyl (C=O) groups excluding carboxylic acids is 1. The van der Waals surface area contributed by atoms with Crippen LogP contribution >= 0.6 is 11.3 Å². The predicted molar refractivity (Wildman–Crippen MR) is 95.9 cm³/mol. The highest BCUT2D eigenvalue weighted by molar-refractivity contribution is 7.10. The Bertz CT molecular complexity index is 496. The summed E-state index contributed by atoms with van der Waals surface area (Å²) in [4.78, 5) is 18.1. The summed E-state index contributed by atoms with van der Waals surface area (Å²) in [5, 5.41) is 2.12. The number of rotatable bonds is 4. The van der Waals surface area contributed by atoms with Gasteiger partial charge in [0.05, 0.1) is 0 Å². The minimum atomic E-state index is -0.435. The van der Waals surface area contributed by atoms with E-state index in [9.17, 15) is 4.79 Å². The van der Waals surface area contributed by atoms with Gasteiger partial charge in [0.25, 0.3) is 0 Å². The summed E-state index contributed by atoms with van der Waals surface area (Å²) < 4.78 is 5.59. The highest BCUT2D eigenvalue weighted by atomic mass is 32.1. The lowest BCUT2D eigenvalue weighted by atomic mass is 10.0. The van der Waals surface area contributed by atoms with E-state index in [4.69, 9.17) is 4.74 Å². The molecule has 0 radical (unpaired) electrons. The lowest BCUT2D eigenvalue weighted by molar-refractivity contribution is 0.00471. The first-order valence-electron chi connectivity index (χ1n) is 8.51. The van der Waals surface area contributed by atoms with E-state index in [1.807, 2.05) is 25.7 Å². The van der Waals surface area contributed by atoms with E-state index < -0.39 is 5.60 Å². The lowest BCUT2D eigenvalue weighted by Crippen LogP contribution is -2.50. The number of likely N-dealkylation sites (tertiary alicyclic amines) is 1. The molecule has 1 aliphatic heterocycles. The van der Waals surface area contributed by atoms with Crippen molar-refractivity contribution in [2.45, 2.75) is 64.6 Å². The maximum atomic E-state index is 12.5. The second-order valence-corrected chi connectivity index (χ2v) is 8.43. The number of thiophene rings is 1. The first-order chi connectivity index (χ1) is 10.8. The van der Waals surface area contributed by atoms with Crippen LogP contribution < -0.4 is 0 Å². The first-order valence-corrected chi connectivity index (χ1v) is 9.39. The van der Waals surface area contributed by atoms with Crippen LogP contribution in [0.5, 0.6) is 0 Å². The van der Waals surface area contributed by atoms with Gasteiger partial charge in [-0.05, 0) is 65.5 Å². The summed E-state index contributed by atoms with van der Waals surface area (Å²) in [5.41, 5.74) is -0.435. The van der Waals surface area contributed by atoms with Gasteiger partial charge >= 0.3 is 6.09 Å². The van der Waals surface area contributed by atoms with E-state index in [1.54, 1.807) is 11.3 Å². The molecular formula is C18H30N2O2S. The molecule has 0 bridgehead atoms. The number of hydrogen-bond acceptors (Lipinski definition) is 4. The molecule has 2 rings (SSSR count). The van der Waals surface area contributed by atoms with Crippen molar-refractivity contribution in [1.29, 1.82) is 0 Å². The van der Waals surface area contributed by atoms with Crippen LogP contribution in [0.1, 0.15) is 57.9 Å². The van der Waals surface area contributed by atoms with Crippen LogP contribution in [0.25, 0.3) is 0 Å². The highest BCUT2D eigenvalue weighted by Gasteiger charge is 2.31. The zero-order chi connectivity index (χ0) is 17.0. The first kappa shape index (κ1) is 18.3. The molecule has 0 aliphatic carbocycles. The van der Waals surface area contributed by atoms with Crippen LogP contribution in [-0.2, 0) is 4.74 Å². The van der Waals surface area contributed by atoms with Gasteiger partial charge in [-0.15, -0.1) is 11.3 Å². The second kappa shape index (κ2) is 7.67. The van der Waals surface area contributed by atoms with Crippen LogP contribution in [-0.4, -0.2) is 47.7 Å². The Kier molecular flexibility index (Phi) is 6.09. The lowest BCUT2D eigenvalue weighted by Gasteiger charge is -2.39. The molecule has 0 saturated carbocycles. The molecule has 4 nitrogen and oxygen atoms in total. The van der Waals surface area contributed by atoms with Gasteiger partial charge in [0.2, 0.25) is 0 Å². The number of nitrogens with zero attached hydrogens (tertiary/aromatic N) is 2. The Morgan fingerprint density at radius 3 is 2.83 bits per heavy atom. The van der Waals surface area contributed by atoms with Gasteiger partial charge in [-0.25, -0.2) is 4.79 Å². The van der Waals surface area contributed by atoms with Gasteiger partial charge in [0.1, 0.15) is 5.60 Å². The Balaban J connectivity index is 1.99. The van der Waals surface area contributed by atoms with Crippen molar-refractivity contribution in [2.24, 2.45) is 0 Å². The Labute approximate surface area is 144 Å². The van der Waals surface area contributed by atoms with Gasteiger partial charge < -0.3 is 9.64 Å². The fourth-order valence-corrected chi connectivity index (χ4v) is 3.84. The number of ether oxygens (including phenoxy) is 1. The van der Waals surface area contributed by atoms with E-state index in [2.05, 4.69) is 36.4 Å². The maximum Gasteiger partial charge on any atom is 0.410 e. The molecule has 0 N–H and O–H groups in total. The standard InChI is InChI=1S/C18H30N2O2S/c1-14(16-10-8-12-23-16)19(5)13-15-9-6-7-11-20(15)17(21)22-18(2,3)4/h8,10,12,14-15H,6-7,9,11,13H2,1-5H3/t14-,15-/m1/s1. The van der Waals surface area contributed by atoms with Crippen molar-refractivity contribution in [3.8, 4) is 0 Å². The summed E-state index contributed by atoms with van der Waals surface area (Å²) in [7, 11) is 2.15. The molecule has 1 aliphatic rings. The fourth-order valence-electron chi connectivity index (χ4n) is 2.99. The topological polar surface area (TPSA) is 32.8 Å². The molecule has 23 heavy (non-hydrogen) atoms. The average Bonchev–Trinajstić information content (AvgIpc) is 2.99. The third-order valence-corrected chi connectivity index (χ3v) is 5.41. The number of hydrogen-bond donors (Lipinski definition) is 0. The quantitative estimate of drug-likeness (QED) is 0.808. The molecule has 130 valence electrons. The van der Waals surface area contributed by atoms with Gasteiger partial charge in [0, 0.05) is 30.1 Å². The molecule has 1 saturated heterocycles. The maximum absolute atomic E-state index is 12.5. The number of amides is 1. The third kappa shape index (κ3) is 5.21. The van der Waals surface area contributed by atoms with E-state index >= 15 is 0 Å². The molecule has 1 aromatic rings. The van der Waals surface area contributed by atoms with Gasteiger partial charge in [-0.2, -0.15) is 0 Å². The molecule has 2 atom stereocenters. The predicted octanol–water partition coefficient (Wildman–Crippen LogP) is 4.53. The van der Waals surface area contributed by atoms with Crippen LogP contribution in [0.2, 0.25) is 0 Å². The molecule has 0 unspecified atom stereocenters. The van der Waals surface area contributed by atoms with E-state index in [1.165, 1.54) is 11.3 Å². The Hall–Kier alpha value is -1.07. The number of carbonyl (C=O) groups is 1. The molecule has 1 fully saturated rings. The van der Waals surface area contributed by atoms with Crippen LogP contribution in [0, 0.1) is 0 Å². The fraction of sp³-hybridized carbons (Fsp3) is 0.722. The van der Waals surface area contributed by atoms with Crippen molar-refractivity contribution in [3.63, 3.8) is 0 Å². The molecule has 1 amide bonds. The molecule has 0 aromatic carbocycles. The minimum Gasteiger partial charge on any atom is -0.444 e. The third-order valence-electron chi connectivity index (χ3n) is 4.37. The molecule has 1 aromatic heterocycles. The van der Waals surface area contributed by atoms with Crippen LogP contribution in [0.3, 0.4) is 0 Å². The van der Waals surface area contributed by atoms with E-state index in [-0.39, 0.29) is 12.1 Å². The zero-order valence-electron chi connectivity index (χ0n) is 15.0. The van der Waals surface area contributed by atoms with E-state index in [0.717, 1.165) is 25.9 Å². The summed E-state index contributed by atoms with van der Waals surface area (Å²) in [6.07, 6.45) is 3.14. The summed E-state index contributed by atoms with van der Waals surface area (Å²) in [6.45, 7) is 9.70. The van der Waals surface area contributed by atoms with Crippen molar-refractivity contribution in [2.75, 3.05) is 20.1 Å². The number of piperidine rings is 1. The van der Waals surface area contributed by atoms with Crippen molar-refractivity contribution >= 4 is 17.4 Å². The Morgan fingerprint density at radius 2 is 2.22 bits per heavy atom. The second-order valence-electron chi connectivity index (χ2n) is 7.45. The van der Waals surface area contributed by atoms with Crippen molar-refractivity contribution in [3.05, 3.63) is 22.4 Å². The summed E-state index contributed by atoms with van der Waals surface area (Å²) in [6, 6.07) is 4.89. The van der Waals surface area contributed by atoms with E-state index in [0.29, 0.717) is 6.04 Å². The zero-order valence-corrected chi connectivity index (χ0v) is 15.9. The van der Waals surface area contributed by atoms with Crippen LogP contribution in [0.15, 0.2) is 17.5 Å². The normalized spacial score (nSPS) is 20.6. The molecule has 2 heterocycles. The Morgan fingerprint density at radius 1 is 1.48 bits per heavy atom. The molecular weight excluding hydrogens is 308 g/mol. The van der Waals surface area contributed by atoms with Crippen molar-refractivity contribution < 1.29 is 9.53 Å². The van der Waals surface area contributed by atoms with Gasteiger partial charge in [-0.1, -0.05) is 6.07 Å². The molecule has 0 spiro atoms.